The van der Waals surface area contributed by atoms with Gasteiger partial charge >= 0.3 is 5.97 Å². The zero-order chi connectivity index (χ0) is 8.85. The number of hydrogen-bond acceptors (Lipinski definition) is 2. The van der Waals surface area contributed by atoms with Gasteiger partial charge in [0, 0.05) is 0 Å². The van der Waals surface area contributed by atoms with Gasteiger partial charge in [0.2, 0.25) is 0 Å². The summed E-state index contributed by atoms with van der Waals surface area (Å²) in [5.74, 6) is -1.01. The van der Waals surface area contributed by atoms with Crippen molar-refractivity contribution in [3.63, 3.8) is 0 Å². The summed E-state index contributed by atoms with van der Waals surface area (Å²) in [6.07, 6.45) is -0.250. The molecule has 0 aliphatic carbocycles. The average Bonchev–Trinajstić information content (AvgIpc) is 1.86. The Morgan fingerprint density at radius 1 is 1.55 bits per heavy atom. The van der Waals surface area contributed by atoms with Crippen LogP contribution in [0.2, 0.25) is 0 Å². The van der Waals surface area contributed by atoms with Gasteiger partial charge in [-0.05, 0) is 5.57 Å². The largest absolute Gasteiger partial charge is 0.481 e. The maximum atomic E-state index is 10.9. The lowest BCUT2D eigenvalue weighted by Gasteiger charge is -1.96. The van der Waals surface area contributed by atoms with Gasteiger partial charge in [0.25, 0.3) is 0 Å². The molecule has 0 amide bonds. The normalized spacial score (nSPS) is 9.82. The summed E-state index contributed by atoms with van der Waals surface area (Å²) in [7, 11) is -0.982. The van der Waals surface area contributed by atoms with Crippen molar-refractivity contribution in [2.75, 3.05) is 0 Å². The Morgan fingerprint density at radius 2 is 2.09 bits per heavy atom. The van der Waals surface area contributed by atoms with E-state index in [2.05, 4.69) is 13.2 Å². The summed E-state index contributed by atoms with van der Waals surface area (Å²) in [4.78, 5) is 21.0. The summed E-state index contributed by atoms with van der Waals surface area (Å²) in [5.41, 5.74) is 1.75. The highest BCUT2D eigenvalue weighted by molar-refractivity contribution is 6.80. The first-order chi connectivity index (χ1) is 5.07. The molecule has 4 heteroatoms. The van der Waals surface area contributed by atoms with Gasteiger partial charge in [0.1, 0.15) is 14.9 Å². The van der Waals surface area contributed by atoms with Crippen molar-refractivity contribution in [2.24, 2.45) is 0 Å². The van der Waals surface area contributed by atoms with E-state index in [0.29, 0.717) is 0 Å². The number of rotatable bonds is 5. The molecule has 1 N–H and O–H groups in total. The monoisotopic (exact) mass is 170 g/mol. The van der Waals surface area contributed by atoms with Crippen LogP contribution in [0.3, 0.4) is 0 Å². The maximum Gasteiger partial charge on any atom is 0.307 e. The molecule has 0 fully saturated rings. The van der Waals surface area contributed by atoms with E-state index in [-0.39, 0.29) is 17.4 Å². The van der Waals surface area contributed by atoms with Crippen LogP contribution in [-0.4, -0.2) is 26.0 Å². The lowest BCUT2D eigenvalue weighted by molar-refractivity contribution is -0.136. The Morgan fingerprint density at radius 3 is 2.45 bits per heavy atom. The summed E-state index contributed by atoms with van der Waals surface area (Å²) in [6, 6.07) is 0. The number of aliphatic carboxylic acids is 1. The van der Waals surface area contributed by atoms with Gasteiger partial charge in [-0.25, -0.2) is 0 Å². The molecule has 0 aliphatic rings. The van der Waals surface area contributed by atoms with Crippen molar-refractivity contribution < 1.29 is 14.7 Å². The number of carboxylic acids is 1. The van der Waals surface area contributed by atoms with Gasteiger partial charge in [-0.15, -0.1) is 6.58 Å². The fraction of sp³-hybridized carbons (Fsp3) is 0.143. The zero-order valence-corrected chi connectivity index (χ0v) is 7.58. The van der Waals surface area contributed by atoms with Crippen molar-refractivity contribution in [3.8, 4) is 0 Å². The number of carbonyl (C=O) groups excluding carboxylic acids is 1. The van der Waals surface area contributed by atoms with Gasteiger partial charge in [0.05, 0.1) is 6.42 Å². The standard InChI is InChI=1S/C7H10O3Si/c1-3-11-7(10)5(2)4-6(8)9/h3H,1-2,4,11H2,(H,8,9). The molecule has 0 spiro atoms. The molecule has 0 unspecified atom stereocenters. The molecule has 0 atom stereocenters. The highest BCUT2D eigenvalue weighted by Gasteiger charge is 2.08. The van der Waals surface area contributed by atoms with Crippen LogP contribution in [0.4, 0.5) is 0 Å². The fourth-order valence-corrected chi connectivity index (χ4v) is 1.23. The van der Waals surface area contributed by atoms with Crippen LogP contribution in [0.25, 0.3) is 0 Å². The van der Waals surface area contributed by atoms with Crippen LogP contribution < -0.4 is 0 Å². The van der Waals surface area contributed by atoms with Gasteiger partial charge in [-0.1, -0.05) is 12.3 Å². The van der Waals surface area contributed by atoms with E-state index in [1.165, 1.54) is 0 Å². The molecule has 0 saturated heterocycles. The smallest absolute Gasteiger partial charge is 0.307 e. The second-order valence-electron chi connectivity index (χ2n) is 2.09. The molecule has 0 saturated carbocycles. The van der Waals surface area contributed by atoms with E-state index >= 15 is 0 Å². The quantitative estimate of drug-likeness (QED) is 0.461. The topological polar surface area (TPSA) is 54.4 Å². The Bertz CT molecular complexity index is 208. The van der Waals surface area contributed by atoms with Gasteiger partial charge in [-0.3, -0.25) is 4.79 Å². The summed E-state index contributed by atoms with van der Waals surface area (Å²) >= 11 is 0. The lowest BCUT2D eigenvalue weighted by Crippen LogP contribution is -2.12. The first kappa shape index (κ1) is 9.84. The number of hydrogen-bond donors (Lipinski definition) is 1. The van der Waals surface area contributed by atoms with Crippen LogP contribution in [0, 0.1) is 0 Å². The first-order valence-electron chi connectivity index (χ1n) is 3.11. The molecular formula is C7H10O3Si. The molecule has 0 aromatic heterocycles. The summed E-state index contributed by atoms with van der Waals surface area (Å²) in [5, 5.41) is 8.15. The van der Waals surface area contributed by atoms with Gasteiger partial charge in [0.15, 0.2) is 0 Å². The first-order valence-corrected chi connectivity index (χ1v) is 4.64. The van der Waals surface area contributed by atoms with Crippen LogP contribution in [0.5, 0.6) is 0 Å². The van der Waals surface area contributed by atoms with E-state index in [4.69, 9.17) is 5.11 Å². The molecule has 3 nitrogen and oxygen atoms in total. The highest BCUT2D eigenvalue weighted by atomic mass is 28.2. The molecular weight excluding hydrogens is 160 g/mol. The predicted molar refractivity (Wildman–Crippen MR) is 45.1 cm³/mol. The van der Waals surface area contributed by atoms with E-state index in [9.17, 15) is 9.59 Å². The van der Waals surface area contributed by atoms with Gasteiger partial charge in [-0.2, -0.15) is 0 Å². The Labute approximate surface area is 67.2 Å². The summed E-state index contributed by atoms with van der Waals surface area (Å²) < 4.78 is 0. The van der Waals surface area contributed by atoms with E-state index in [1.807, 2.05) is 0 Å². The molecule has 60 valence electrons. The molecule has 0 aromatic rings. The minimum atomic E-state index is -1.01. The Balaban J connectivity index is 3.93. The van der Waals surface area contributed by atoms with Crippen molar-refractivity contribution >= 4 is 20.9 Å². The number of carbonyl (C=O) groups is 2. The third kappa shape index (κ3) is 4.27. The van der Waals surface area contributed by atoms with Crippen LogP contribution in [0.1, 0.15) is 6.42 Å². The van der Waals surface area contributed by atoms with Crippen molar-refractivity contribution in [2.45, 2.75) is 6.42 Å². The lowest BCUT2D eigenvalue weighted by atomic mass is 10.2. The molecule has 0 radical (unpaired) electrons. The van der Waals surface area contributed by atoms with Crippen LogP contribution in [-0.2, 0) is 9.59 Å². The predicted octanol–water partition coefficient (Wildman–Crippen LogP) is -0.144. The summed E-state index contributed by atoms with van der Waals surface area (Å²) in [6.45, 7) is 6.78. The molecule has 0 bridgehead atoms. The average molecular weight is 170 g/mol. The molecule has 0 heterocycles. The SMILES string of the molecule is C=C[SiH2]C(=O)C(=C)CC(=O)O. The van der Waals surface area contributed by atoms with E-state index in [1.54, 1.807) is 5.70 Å². The van der Waals surface area contributed by atoms with Crippen molar-refractivity contribution in [1.82, 2.24) is 0 Å². The molecule has 0 rings (SSSR count). The van der Waals surface area contributed by atoms with E-state index < -0.39 is 15.5 Å². The van der Waals surface area contributed by atoms with Crippen LogP contribution >= 0.6 is 0 Å². The van der Waals surface area contributed by atoms with Crippen molar-refractivity contribution in [3.05, 3.63) is 24.4 Å². The maximum absolute atomic E-state index is 10.9. The molecule has 0 aromatic carbocycles. The van der Waals surface area contributed by atoms with Crippen LogP contribution in [0.15, 0.2) is 24.4 Å². The van der Waals surface area contributed by atoms with Crippen molar-refractivity contribution in [1.29, 1.82) is 0 Å². The fourth-order valence-electron chi connectivity index (χ4n) is 0.557. The highest BCUT2D eigenvalue weighted by Crippen LogP contribution is 1.98. The second-order valence-corrected chi connectivity index (χ2v) is 3.72. The minimum absolute atomic E-state index is 0.123. The van der Waals surface area contributed by atoms with E-state index in [0.717, 1.165) is 0 Å². The molecule has 11 heavy (non-hydrogen) atoms. The Kier molecular flexibility index (Phi) is 4.13. The second kappa shape index (κ2) is 4.62. The third-order valence-corrected chi connectivity index (χ3v) is 2.25. The van der Waals surface area contributed by atoms with Gasteiger partial charge < -0.3 is 9.90 Å². The number of carboxylic acid groups (broad SMARTS) is 1. The third-order valence-electron chi connectivity index (χ3n) is 1.09. The Hall–Kier alpha value is -1.16. The molecule has 0 aliphatic heterocycles. The zero-order valence-electron chi connectivity index (χ0n) is 6.17. The minimum Gasteiger partial charge on any atom is -0.481 e.